The number of nitrogens with zero attached hydrogens (tertiary/aromatic N) is 2. The lowest BCUT2D eigenvalue weighted by Gasteiger charge is -2.25. The summed E-state index contributed by atoms with van der Waals surface area (Å²) in [6, 6.07) is 0.767. The Morgan fingerprint density at radius 1 is 1.28 bits per heavy atom. The summed E-state index contributed by atoms with van der Waals surface area (Å²) < 4.78 is 0. The van der Waals surface area contributed by atoms with Crippen molar-refractivity contribution >= 4 is 17.8 Å². The van der Waals surface area contributed by atoms with Gasteiger partial charge in [-0.05, 0) is 19.9 Å². The van der Waals surface area contributed by atoms with Crippen LogP contribution in [0.15, 0.2) is 18.5 Å². The monoisotopic (exact) mass is 248 g/mol. The molecule has 2 atom stereocenters. The van der Waals surface area contributed by atoms with Gasteiger partial charge in [-0.3, -0.25) is 24.3 Å². The number of amides is 2. The van der Waals surface area contributed by atoms with Crippen LogP contribution >= 0.6 is 0 Å². The average Bonchev–Trinajstić information content (AvgIpc) is 2.61. The minimum absolute atomic E-state index is 0.229. The maximum atomic E-state index is 12.1. The van der Waals surface area contributed by atoms with Gasteiger partial charge in [0.1, 0.15) is 0 Å². The second-order valence-corrected chi connectivity index (χ2v) is 4.27. The number of pyridine rings is 1. The molecule has 1 aromatic heterocycles. The van der Waals surface area contributed by atoms with E-state index in [1.807, 2.05) is 0 Å². The van der Waals surface area contributed by atoms with Crippen LogP contribution < -0.4 is 0 Å². The van der Waals surface area contributed by atoms with Gasteiger partial charge in [-0.1, -0.05) is 0 Å². The zero-order valence-electron chi connectivity index (χ0n) is 9.95. The lowest BCUT2D eigenvalue weighted by molar-refractivity contribution is -0.142. The Balaban J connectivity index is 2.37. The van der Waals surface area contributed by atoms with Crippen molar-refractivity contribution in [3.05, 3.63) is 29.6 Å². The van der Waals surface area contributed by atoms with Gasteiger partial charge in [0.25, 0.3) is 11.8 Å². The minimum atomic E-state index is -1.04. The molecule has 0 saturated carbocycles. The van der Waals surface area contributed by atoms with Gasteiger partial charge < -0.3 is 5.11 Å². The van der Waals surface area contributed by atoms with Crippen molar-refractivity contribution in [2.45, 2.75) is 19.9 Å². The van der Waals surface area contributed by atoms with Crippen LogP contribution in [0.2, 0.25) is 0 Å². The van der Waals surface area contributed by atoms with Crippen molar-refractivity contribution in [2.24, 2.45) is 5.92 Å². The lowest BCUT2D eigenvalue weighted by atomic mass is 10.0. The molecular weight excluding hydrogens is 236 g/mol. The van der Waals surface area contributed by atoms with Crippen molar-refractivity contribution in [1.82, 2.24) is 9.88 Å². The average molecular weight is 248 g/mol. The molecule has 0 radical (unpaired) electrons. The molecule has 2 rings (SSSR count). The molecule has 1 N–H and O–H groups in total. The topological polar surface area (TPSA) is 87.6 Å². The lowest BCUT2D eigenvalue weighted by Crippen LogP contribution is -2.43. The van der Waals surface area contributed by atoms with Crippen LogP contribution in [0.5, 0.6) is 0 Å². The molecule has 2 heterocycles. The third-order valence-corrected chi connectivity index (χ3v) is 3.24. The van der Waals surface area contributed by atoms with E-state index in [-0.39, 0.29) is 11.1 Å². The van der Waals surface area contributed by atoms with Crippen LogP contribution in [0.25, 0.3) is 0 Å². The molecule has 2 amide bonds. The van der Waals surface area contributed by atoms with Crippen molar-refractivity contribution in [3.8, 4) is 0 Å². The van der Waals surface area contributed by atoms with Gasteiger partial charge in [-0.25, -0.2) is 0 Å². The Kier molecular flexibility index (Phi) is 2.86. The van der Waals surface area contributed by atoms with Gasteiger partial charge in [0.05, 0.1) is 23.1 Å². The first kappa shape index (κ1) is 12.2. The molecular formula is C12H12N2O4. The second-order valence-electron chi connectivity index (χ2n) is 4.27. The van der Waals surface area contributed by atoms with E-state index in [4.69, 9.17) is 5.11 Å². The van der Waals surface area contributed by atoms with Gasteiger partial charge in [-0.15, -0.1) is 0 Å². The number of aliphatic carboxylic acids is 1. The summed E-state index contributed by atoms with van der Waals surface area (Å²) >= 11 is 0. The van der Waals surface area contributed by atoms with Gasteiger partial charge in [0.15, 0.2) is 0 Å². The Bertz CT molecular complexity index is 506. The first-order valence-electron chi connectivity index (χ1n) is 5.50. The first-order chi connectivity index (χ1) is 8.45. The molecule has 94 valence electrons. The number of carboxylic acid groups (broad SMARTS) is 1. The van der Waals surface area contributed by atoms with Gasteiger partial charge in [0, 0.05) is 12.4 Å². The van der Waals surface area contributed by atoms with E-state index in [1.165, 1.54) is 25.4 Å². The van der Waals surface area contributed by atoms with Crippen molar-refractivity contribution < 1.29 is 19.5 Å². The molecule has 18 heavy (non-hydrogen) atoms. The number of rotatable bonds is 3. The highest BCUT2D eigenvalue weighted by Gasteiger charge is 2.41. The van der Waals surface area contributed by atoms with Gasteiger partial charge in [-0.2, -0.15) is 0 Å². The molecule has 0 aliphatic carbocycles. The molecule has 0 aromatic carbocycles. The molecule has 6 nitrogen and oxygen atoms in total. The van der Waals surface area contributed by atoms with E-state index in [1.54, 1.807) is 6.92 Å². The summed E-state index contributed by atoms with van der Waals surface area (Å²) in [4.78, 5) is 39.8. The number of hydrogen-bond acceptors (Lipinski definition) is 4. The summed E-state index contributed by atoms with van der Waals surface area (Å²) in [5.41, 5.74) is 0.506. The number of fused-ring (bicyclic) bond motifs is 1. The van der Waals surface area contributed by atoms with Crippen molar-refractivity contribution in [3.63, 3.8) is 0 Å². The quantitative estimate of drug-likeness (QED) is 0.799. The Labute approximate surface area is 103 Å². The number of imide groups is 1. The minimum Gasteiger partial charge on any atom is -0.481 e. The molecule has 0 fully saturated rings. The third-order valence-electron chi connectivity index (χ3n) is 3.24. The van der Waals surface area contributed by atoms with Crippen molar-refractivity contribution in [2.75, 3.05) is 0 Å². The number of hydrogen-bond donors (Lipinski definition) is 1. The Morgan fingerprint density at radius 2 is 1.89 bits per heavy atom. The van der Waals surface area contributed by atoms with Crippen molar-refractivity contribution in [1.29, 1.82) is 0 Å². The molecule has 0 bridgehead atoms. The highest BCUT2D eigenvalue weighted by Crippen LogP contribution is 2.26. The number of carbonyl (C=O) groups excluding carboxylic acids is 2. The van der Waals surface area contributed by atoms with E-state index in [0.717, 1.165) is 4.90 Å². The smallest absolute Gasteiger partial charge is 0.308 e. The number of carboxylic acids is 1. The summed E-state index contributed by atoms with van der Waals surface area (Å²) in [6.45, 7) is 3.02. The highest BCUT2D eigenvalue weighted by molar-refractivity contribution is 6.21. The predicted molar refractivity (Wildman–Crippen MR) is 61.0 cm³/mol. The summed E-state index contributed by atoms with van der Waals surface area (Å²) in [5.74, 6) is -2.81. The zero-order valence-corrected chi connectivity index (χ0v) is 9.95. The van der Waals surface area contributed by atoms with Crippen LogP contribution in [0.3, 0.4) is 0 Å². The van der Waals surface area contributed by atoms with E-state index in [2.05, 4.69) is 4.98 Å². The van der Waals surface area contributed by atoms with Crippen LogP contribution in [-0.4, -0.2) is 38.8 Å². The SMILES string of the molecule is CC(C(=O)O)C(C)N1C(=O)c2ccncc2C1=O. The van der Waals surface area contributed by atoms with E-state index < -0.39 is 29.7 Å². The summed E-state index contributed by atoms with van der Waals surface area (Å²) in [7, 11) is 0. The molecule has 0 saturated heterocycles. The fraction of sp³-hybridized carbons (Fsp3) is 0.333. The normalized spacial score (nSPS) is 17.6. The number of aromatic nitrogens is 1. The van der Waals surface area contributed by atoms with E-state index in [0.29, 0.717) is 0 Å². The molecule has 1 aromatic rings. The third kappa shape index (κ3) is 1.66. The van der Waals surface area contributed by atoms with Gasteiger partial charge in [0.2, 0.25) is 0 Å². The van der Waals surface area contributed by atoms with Crippen LogP contribution in [0, 0.1) is 5.92 Å². The fourth-order valence-electron chi connectivity index (χ4n) is 1.90. The fourth-order valence-corrected chi connectivity index (χ4v) is 1.90. The largest absolute Gasteiger partial charge is 0.481 e. The van der Waals surface area contributed by atoms with Crippen LogP contribution in [-0.2, 0) is 4.79 Å². The van der Waals surface area contributed by atoms with E-state index >= 15 is 0 Å². The van der Waals surface area contributed by atoms with Crippen LogP contribution in [0.4, 0.5) is 0 Å². The summed E-state index contributed by atoms with van der Waals surface area (Å²) in [6.07, 6.45) is 2.76. The predicted octanol–water partition coefficient (Wildman–Crippen LogP) is 0.787. The molecule has 1 aliphatic heterocycles. The maximum Gasteiger partial charge on any atom is 0.308 e. The standard InChI is InChI=1S/C12H12N2O4/c1-6(12(17)18)7(2)14-10(15)8-3-4-13-5-9(8)11(14)16/h3-7H,1-2H3,(H,17,18). The van der Waals surface area contributed by atoms with Crippen LogP contribution in [0.1, 0.15) is 34.6 Å². The Morgan fingerprint density at radius 3 is 2.44 bits per heavy atom. The molecule has 2 unspecified atom stereocenters. The van der Waals surface area contributed by atoms with E-state index in [9.17, 15) is 14.4 Å². The second kappa shape index (κ2) is 4.21. The number of carbonyl (C=O) groups is 3. The van der Waals surface area contributed by atoms with Gasteiger partial charge >= 0.3 is 5.97 Å². The summed E-state index contributed by atoms with van der Waals surface area (Å²) in [5, 5.41) is 8.94. The Hall–Kier alpha value is -2.24. The first-order valence-corrected chi connectivity index (χ1v) is 5.50. The molecule has 0 spiro atoms. The molecule has 1 aliphatic rings. The maximum absolute atomic E-state index is 12.1. The zero-order chi connectivity index (χ0) is 13.4. The highest BCUT2D eigenvalue weighted by atomic mass is 16.4. The molecule has 6 heteroatoms.